The number of aromatic hydroxyl groups is 1. The molecule has 1 aliphatic carbocycles. The van der Waals surface area contributed by atoms with Crippen LogP contribution in [0.4, 0.5) is 0 Å². The Hall–Kier alpha value is -1.59. The Kier molecular flexibility index (Phi) is 4.84. The highest BCUT2D eigenvalue weighted by atomic mass is 28.3. The van der Waals surface area contributed by atoms with Crippen LogP contribution in [0.5, 0.6) is 5.75 Å². The predicted molar refractivity (Wildman–Crippen MR) is 125 cm³/mol. The van der Waals surface area contributed by atoms with Crippen LogP contribution in [0.2, 0.25) is 31.2 Å². The number of allylic oxidation sites excluding steroid dienone is 1. The zero-order chi connectivity index (χ0) is 20.2. The van der Waals surface area contributed by atoms with Gasteiger partial charge in [0, 0.05) is 5.54 Å². The fraction of sp³-hybridized carbons (Fsp3) is 0.417. The monoisotopic (exact) mass is 394 g/mol. The molecule has 0 saturated carbocycles. The first-order chi connectivity index (χ1) is 12.4. The van der Waals surface area contributed by atoms with E-state index in [1.54, 1.807) is 0 Å². The highest BCUT2D eigenvalue weighted by Gasteiger charge is 2.43. The number of benzene rings is 2. The second kappa shape index (κ2) is 6.49. The Morgan fingerprint density at radius 2 is 1.52 bits per heavy atom. The molecule has 0 heterocycles. The van der Waals surface area contributed by atoms with Gasteiger partial charge in [-0.25, -0.2) is 0 Å². The summed E-state index contributed by atoms with van der Waals surface area (Å²) in [6.07, 6.45) is 4.63. The summed E-state index contributed by atoms with van der Waals surface area (Å²) >= 11 is 0. The normalized spacial score (nSPS) is 17.3. The average molecular weight is 395 g/mol. The van der Waals surface area contributed by atoms with E-state index < -0.39 is 16.1 Å². The van der Waals surface area contributed by atoms with Gasteiger partial charge >= 0.3 is 0 Å². The molecule has 0 aliphatic heterocycles. The second-order valence-electron chi connectivity index (χ2n) is 10.3. The molecule has 1 N–H and O–H groups in total. The summed E-state index contributed by atoms with van der Waals surface area (Å²) < 4.78 is 0. The molecule has 0 fully saturated rings. The zero-order valence-electron chi connectivity index (χ0n) is 18.1. The molecule has 2 aromatic carbocycles. The molecule has 0 radical (unpaired) electrons. The van der Waals surface area contributed by atoms with E-state index in [1.165, 1.54) is 27.1 Å². The summed E-state index contributed by atoms with van der Waals surface area (Å²) in [5, 5.41) is 14.1. The largest absolute Gasteiger partial charge is 0.508 e. The zero-order valence-corrected chi connectivity index (χ0v) is 20.1. The number of phenols is 1. The number of rotatable bonds is 3. The lowest BCUT2D eigenvalue weighted by Crippen LogP contribution is -2.54. The highest BCUT2D eigenvalue weighted by Crippen LogP contribution is 2.40. The Morgan fingerprint density at radius 3 is 2.15 bits per heavy atom. The van der Waals surface area contributed by atoms with Crippen molar-refractivity contribution >= 4 is 32.6 Å². The maximum Gasteiger partial charge on any atom is 0.114 e. The van der Waals surface area contributed by atoms with Crippen LogP contribution in [0.25, 0.3) is 6.08 Å². The molecule has 1 atom stereocenters. The van der Waals surface area contributed by atoms with Gasteiger partial charge in [0.2, 0.25) is 0 Å². The minimum Gasteiger partial charge on any atom is -0.508 e. The highest BCUT2D eigenvalue weighted by molar-refractivity contribution is 6.95. The van der Waals surface area contributed by atoms with Crippen molar-refractivity contribution in [2.75, 3.05) is 0 Å². The summed E-state index contributed by atoms with van der Waals surface area (Å²) in [5.74, 6) is 0.585. The van der Waals surface area contributed by atoms with Crippen molar-refractivity contribution in [1.29, 1.82) is 0 Å². The van der Waals surface area contributed by atoms with Gasteiger partial charge in [-0.2, -0.15) is 0 Å². The van der Waals surface area contributed by atoms with Gasteiger partial charge in [0.25, 0.3) is 0 Å². The number of phenolic OH excluding ortho intramolecular Hbond substituents is 1. The smallest absolute Gasteiger partial charge is 0.114 e. The fourth-order valence-electron chi connectivity index (χ4n) is 4.20. The minimum absolute atomic E-state index is 0.196. The van der Waals surface area contributed by atoms with E-state index in [2.05, 4.69) is 102 Å². The lowest BCUT2D eigenvalue weighted by Gasteiger charge is -2.40. The predicted octanol–water partition coefficient (Wildman–Crippen LogP) is 5.68. The van der Waals surface area contributed by atoms with Gasteiger partial charge in [-0.3, -0.25) is 0 Å². The van der Waals surface area contributed by atoms with Gasteiger partial charge in [0.1, 0.15) is 5.75 Å². The number of hydrogen-bond acceptors (Lipinski definition) is 1. The fourth-order valence-corrected chi connectivity index (χ4v) is 9.74. The summed E-state index contributed by atoms with van der Waals surface area (Å²) in [6.45, 7) is 18.7. The van der Waals surface area contributed by atoms with E-state index in [1.807, 2.05) is 0 Å². The molecule has 3 heteroatoms. The van der Waals surface area contributed by atoms with Crippen LogP contribution < -0.4 is 10.4 Å². The standard InChI is InChI=1S/C24H34OSi2/c1-17-15-21(23(25)22(16-17)27(7,8)24(2,3)4)26(5,6)20-14-13-18-11-9-10-12-19(18)20/h9-16,20,25H,1-8H3. The van der Waals surface area contributed by atoms with E-state index in [-0.39, 0.29) is 5.04 Å². The SMILES string of the molecule is Cc1cc([Si](C)(C)C2C=Cc3ccccc32)c(O)c([Si](C)(C)C(C)(C)C)c1. The lowest BCUT2D eigenvalue weighted by molar-refractivity contribution is 0.482. The summed E-state index contributed by atoms with van der Waals surface area (Å²) in [5.41, 5.74) is 4.44. The molecule has 144 valence electrons. The molecule has 0 saturated heterocycles. The average Bonchev–Trinajstić information content (AvgIpc) is 3.00. The summed E-state index contributed by atoms with van der Waals surface area (Å²) in [6, 6.07) is 13.2. The Labute approximate surface area is 167 Å². The van der Waals surface area contributed by atoms with Crippen LogP contribution >= 0.6 is 0 Å². The van der Waals surface area contributed by atoms with Crippen LogP contribution in [0.1, 0.15) is 43.0 Å². The van der Waals surface area contributed by atoms with Crippen LogP contribution in [-0.2, 0) is 0 Å². The van der Waals surface area contributed by atoms with Gasteiger partial charge in [0.15, 0.2) is 0 Å². The van der Waals surface area contributed by atoms with Crippen molar-refractivity contribution in [3.05, 3.63) is 59.2 Å². The van der Waals surface area contributed by atoms with E-state index >= 15 is 0 Å². The van der Waals surface area contributed by atoms with Crippen molar-refractivity contribution in [3.63, 3.8) is 0 Å². The van der Waals surface area contributed by atoms with Gasteiger partial charge in [-0.15, -0.1) is 0 Å². The quantitative estimate of drug-likeness (QED) is 0.664. The van der Waals surface area contributed by atoms with Crippen molar-refractivity contribution in [2.24, 2.45) is 0 Å². The molecule has 1 nitrogen and oxygen atoms in total. The van der Waals surface area contributed by atoms with Crippen LogP contribution in [-0.4, -0.2) is 21.3 Å². The van der Waals surface area contributed by atoms with Crippen molar-refractivity contribution in [1.82, 2.24) is 0 Å². The van der Waals surface area contributed by atoms with Crippen molar-refractivity contribution in [2.45, 2.75) is 64.5 Å². The minimum atomic E-state index is -1.96. The van der Waals surface area contributed by atoms with Gasteiger partial charge in [0.05, 0.1) is 16.1 Å². The Balaban J connectivity index is 2.17. The topological polar surface area (TPSA) is 20.2 Å². The van der Waals surface area contributed by atoms with Crippen LogP contribution in [0.15, 0.2) is 42.5 Å². The van der Waals surface area contributed by atoms with Crippen molar-refractivity contribution < 1.29 is 5.11 Å². The molecule has 27 heavy (non-hydrogen) atoms. The molecule has 1 unspecified atom stereocenters. The van der Waals surface area contributed by atoms with Crippen molar-refractivity contribution in [3.8, 4) is 5.75 Å². The summed E-state index contributed by atoms with van der Waals surface area (Å²) in [7, 11) is -3.78. The number of aryl methyl sites for hydroxylation is 1. The maximum absolute atomic E-state index is 11.5. The van der Waals surface area contributed by atoms with E-state index in [9.17, 15) is 5.11 Å². The molecule has 0 aromatic heterocycles. The van der Waals surface area contributed by atoms with E-state index in [0.717, 1.165) is 0 Å². The Morgan fingerprint density at radius 1 is 0.926 bits per heavy atom. The molecular weight excluding hydrogens is 360 g/mol. The molecular formula is C24H34OSi2. The van der Waals surface area contributed by atoms with E-state index in [4.69, 9.17) is 0 Å². The molecule has 3 rings (SSSR count). The first kappa shape index (κ1) is 20.2. The molecule has 1 aliphatic rings. The molecule has 0 spiro atoms. The second-order valence-corrected chi connectivity index (χ2v) is 20.2. The van der Waals surface area contributed by atoms with E-state index in [0.29, 0.717) is 11.3 Å². The first-order valence-electron chi connectivity index (χ1n) is 9.99. The number of hydrogen-bond donors (Lipinski definition) is 1. The third-order valence-electron chi connectivity index (χ3n) is 7.07. The molecule has 2 aromatic rings. The van der Waals surface area contributed by atoms with Gasteiger partial charge < -0.3 is 5.11 Å². The number of fused-ring (bicyclic) bond motifs is 1. The molecule has 0 bridgehead atoms. The van der Waals surface area contributed by atoms with Crippen LogP contribution in [0.3, 0.4) is 0 Å². The van der Waals surface area contributed by atoms with Gasteiger partial charge in [-0.1, -0.05) is 101 Å². The molecule has 0 amide bonds. The van der Waals surface area contributed by atoms with Gasteiger partial charge in [-0.05, 0) is 33.5 Å². The summed E-state index contributed by atoms with van der Waals surface area (Å²) in [4.78, 5) is 0. The lowest BCUT2D eigenvalue weighted by atomic mass is 10.1. The Bertz CT molecular complexity index is 901. The van der Waals surface area contributed by atoms with Crippen LogP contribution in [0, 0.1) is 6.92 Å². The third kappa shape index (κ3) is 3.25. The maximum atomic E-state index is 11.5. The third-order valence-corrected chi connectivity index (χ3v) is 16.4. The first-order valence-corrected chi connectivity index (χ1v) is 16.1.